The summed E-state index contributed by atoms with van der Waals surface area (Å²) in [5.41, 5.74) is 0.625. The van der Waals surface area contributed by atoms with Crippen LogP contribution in [0.15, 0.2) is 10.8 Å². The zero-order valence-corrected chi connectivity index (χ0v) is 14.4. The smallest absolute Gasteiger partial charge is 0.291 e. The quantitative estimate of drug-likeness (QED) is 0.833. The highest BCUT2D eigenvalue weighted by Crippen LogP contribution is 2.31. The van der Waals surface area contributed by atoms with Gasteiger partial charge in [0.2, 0.25) is 11.7 Å². The highest BCUT2D eigenvalue weighted by molar-refractivity contribution is 5.92. The molecular formula is C17H25N3O4. The number of oxazole rings is 1. The molecule has 0 spiro atoms. The number of ether oxygens (including phenoxy) is 1. The van der Waals surface area contributed by atoms with E-state index in [-0.39, 0.29) is 17.9 Å². The van der Waals surface area contributed by atoms with Gasteiger partial charge < -0.3 is 19.0 Å². The number of carbonyl (C=O) groups excluding carboxylic acids is 2. The first-order valence-corrected chi connectivity index (χ1v) is 8.59. The van der Waals surface area contributed by atoms with Crippen LogP contribution in [0.3, 0.4) is 0 Å². The van der Waals surface area contributed by atoms with Gasteiger partial charge in [0.05, 0.1) is 12.3 Å². The molecule has 3 heterocycles. The second kappa shape index (κ2) is 7.34. The van der Waals surface area contributed by atoms with Crippen LogP contribution in [-0.4, -0.2) is 66.0 Å². The summed E-state index contributed by atoms with van der Waals surface area (Å²) < 4.78 is 10.4. The van der Waals surface area contributed by atoms with Crippen molar-refractivity contribution in [2.45, 2.75) is 38.6 Å². The summed E-state index contributed by atoms with van der Waals surface area (Å²) in [6, 6.07) is 0.204. The lowest BCUT2D eigenvalue weighted by molar-refractivity contribution is -0.135. The van der Waals surface area contributed by atoms with Gasteiger partial charge in [-0.05, 0) is 32.1 Å². The van der Waals surface area contributed by atoms with Crippen LogP contribution >= 0.6 is 0 Å². The molecule has 2 aliphatic rings. The predicted octanol–water partition coefficient (Wildman–Crippen LogP) is 1.47. The molecule has 0 N–H and O–H groups in total. The molecule has 2 amide bonds. The number of fused-ring (bicyclic) bond motifs is 1. The molecule has 7 heteroatoms. The zero-order valence-electron chi connectivity index (χ0n) is 14.4. The van der Waals surface area contributed by atoms with E-state index in [4.69, 9.17) is 9.15 Å². The number of nitrogens with zero attached hydrogens (tertiary/aromatic N) is 3. The van der Waals surface area contributed by atoms with Crippen molar-refractivity contribution in [1.82, 2.24) is 14.8 Å². The molecule has 0 radical (unpaired) electrons. The van der Waals surface area contributed by atoms with Crippen LogP contribution in [-0.2, 0) is 9.53 Å². The third kappa shape index (κ3) is 3.31. The van der Waals surface area contributed by atoms with Crippen LogP contribution in [0.5, 0.6) is 0 Å². The van der Waals surface area contributed by atoms with Crippen LogP contribution in [0, 0.1) is 12.8 Å². The lowest BCUT2D eigenvalue weighted by Crippen LogP contribution is -2.53. The highest BCUT2D eigenvalue weighted by Gasteiger charge is 2.39. The minimum absolute atomic E-state index is 0.0949. The molecule has 0 bridgehead atoms. The van der Waals surface area contributed by atoms with Crippen molar-refractivity contribution in [2.24, 2.45) is 5.92 Å². The number of aryl methyl sites for hydroxylation is 1. The maximum Gasteiger partial charge on any atom is 0.291 e. The molecule has 2 atom stereocenters. The molecule has 2 fully saturated rings. The molecule has 7 nitrogen and oxygen atoms in total. The number of piperidine rings is 1. The summed E-state index contributed by atoms with van der Waals surface area (Å²) in [7, 11) is 1.65. The Morgan fingerprint density at radius 3 is 3.00 bits per heavy atom. The molecule has 0 aliphatic carbocycles. The van der Waals surface area contributed by atoms with Crippen molar-refractivity contribution in [1.29, 1.82) is 0 Å². The normalized spacial score (nSPS) is 24.7. The van der Waals surface area contributed by atoms with Gasteiger partial charge in [0.15, 0.2) is 6.39 Å². The summed E-state index contributed by atoms with van der Waals surface area (Å²) in [5.74, 6) is 0.761. The average Bonchev–Trinajstić information content (AvgIpc) is 2.94. The number of hydrogen-bond acceptors (Lipinski definition) is 5. The van der Waals surface area contributed by atoms with E-state index < -0.39 is 0 Å². The first-order chi connectivity index (χ1) is 11.6. The Bertz CT molecular complexity index is 600. The van der Waals surface area contributed by atoms with E-state index in [9.17, 15) is 9.59 Å². The summed E-state index contributed by atoms with van der Waals surface area (Å²) in [6.07, 6.45) is 4.56. The SMILES string of the molecule is COCCN1C(=O)CCC[C@H]2CN(C(=O)c3ocnc3C)CC[C@H]21. The van der Waals surface area contributed by atoms with Crippen LogP contribution in [0.1, 0.15) is 41.9 Å². The lowest BCUT2D eigenvalue weighted by atomic mass is 9.88. The maximum atomic E-state index is 12.7. The minimum Gasteiger partial charge on any atom is -0.438 e. The van der Waals surface area contributed by atoms with Gasteiger partial charge >= 0.3 is 0 Å². The molecule has 1 aromatic heterocycles. The number of aromatic nitrogens is 1. The van der Waals surface area contributed by atoms with Crippen LogP contribution < -0.4 is 0 Å². The van der Waals surface area contributed by atoms with Crippen LogP contribution in [0.25, 0.3) is 0 Å². The van der Waals surface area contributed by atoms with E-state index in [2.05, 4.69) is 4.98 Å². The number of hydrogen-bond donors (Lipinski definition) is 0. The van der Waals surface area contributed by atoms with Crippen molar-refractivity contribution in [3.05, 3.63) is 17.8 Å². The number of amides is 2. The third-order valence-corrected chi connectivity index (χ3v) is 5.14. The molecule has 1 aromatic rings. The Labute approximate surface area is 141 Å². The van der Waals surface area contributed by atoms with Gasteiger partial charge in [-0.25, -0.2) is 4.98 Å². The summed E-state index contributed by atoms with van der Waals surface area (Å²) in [5, 5.41) is 0. The highest BCUT2D eigenvalue weighted by atomic mass is 16.5. The van der Waals surface area contributed by atoms with Crippen LogP contribution in [0.4, 0.5) is 0 Å². The Kier molecular flexibility index (Phi) is 5.18. The average molecular weight is 335 g/mol. The Morgan fingerprint density at radius 2 is 2.29 bits per heavy atom. The molecule has 0 saturated carbocycles. The standard InChI is InChI=1S/C17H25N3O4/c1-12-16(24-11-18-12)17(22)19-7-6-14-13(10-19)4-3-5-15(21)20(14)8-9-23-2/h11,13-14H,3-10H2,1-2H3/t13-,14+/m0/s1. The van der Waals surface area contributed by atoms with Gasteiger partial charge in [-0.2, -0.15) is 0 Å². The van der Waals surface area contributed by atoms with Crippen molar-refractivity contribution < 1.29 is 18.7 Å². The summed E-state index contributed by atoms with van der Waals surface area (Å²) in [6.45, 7) is 4.26. The van der Waals surface area contributed by atoms with Crippen LogP contribution in [0.2, 0.25) is 0 Å². The van der Waals surface area contributed by atoms with Gasteiger partial charge in [0, 0.05) is 39.2 Å². The van der Waals surface area contributed by atoms with Crippen molar-refractivity contribution in [3.8, 4) is 0 Å². The maximum absolute atomic E-state index is 12.7. The lowest BCUT2D eigenvalue weighted by Gasteiger charge is -2.42. The Morgan fingerprint density at radius 1 is 1.46 bits per heavy atom. The summed E-state index contributed by atoms with van der Waals surface area (Å²) >= 11 is 0. The Hall–Kier alpha value is -1.89. The monoisotopic (exact) mass is 335 g/mol. The Balaban J connectivity index is 1.72. The van der Waals surface area contributed by atoms with Gasteiger partial charge in [-0.1, -0.05) is 0 Å². The van der Waals surface area contributed by atoms with E-state index in [0.29, 0.717) is 50.0 Å². The fourth-order valence-electron chi connectivity index (χ4n) is 3.87. The second-order valence-electron chi connectivity index (χ2n) is 6.61. The fraction of sp³-hybridized carbons (Fsp3) is 0.706. The second-order valence-corrected chi connectivity index (χ2v) is 6.61. The molecule has 132 valence electrons. The largest absolute Gasteiger partial charge is 0.438 e. The molecule has 2 aliphatic heterocycles. The van der Waals surface area contributed by atoms with Gasteiger partial charge in [-0.15, -0.1) is 0 Å². The number of carbonyl (C=O) groups is 2. The van der Waals surface area contributed by atoms with E-state index in [1.54, 1.807) is 14.0 Å². The fourth-order valence-corrected chi connectivity index (χ4v) is 3.87. The number of likely N-dealkylation sites (tertiary alicyclic amines) is 2. The molecule has 0 aromatic carbocycles. The number of methoxy groups -OCH3 is 1. The topological polar surface area (TPSA) is 75.9 Å². The van der Waals surface area contributed by atoms with Crippen molar-refractivity contribution >= 4 is 11.8 Å². The van der Waals surface area contributed by atoms with Gasteiger partial charge in [-0.3, -0.25) is 9.59 Å². The van der Waals surface area contributed by atoms with E-state index >= 15 is 0 Å². The number of rotatable bonds is 4. The van der Waals surface area contributed by atoms with E-state index in [0.717, 1.165) is 19.3 Å². The molecule has 3 rings (SSSR count). The molecule has 24 heavy (non-hydrogen) atoms. The van der Waals surface area contributed by atoms with E-state index in [1.807, 2.05) is 9.80 Å². The first-order valence-electron chi connectivity index (χ1n) is 8.59. The predicted molar refractivity (Wildman–Crippen MR) is 86.5 cm³/mol. The minimum atomic E-state index is -0.0949. The molecule has 0 unspecified atom stereocenters. The zero-order chi connectivity index (χ0) is 17.1. The van der Waals surface area contributed by atoms with Gasteiger partial charge in [0.25, 0.3) is 5.91 Å². The molecular weight excluding hydrogens is 310 g/mol. The van der Waals surface area contributed by atoms with Crippen molar-refractivity contribution in [3.63, 3.8) is 0 Å². The van der Waals surface area contributed by atoms with Crippen molar-refractivity contribution in [2.75, 3.05) is 33.4 Å². The van der Waals surface area contributed by atoms with E-state index in [1.165, 1.54) is 6.39 Å². The summed E-state index contributed by atoms with van der Waals surface area (Å²) in [4.78, 5) is 32.9. The van der Waals surface area contributed by atoms with Gasteiger partial charge in [0.1, 0.15) is 0 Å². The molecule has 2 saturated heterocycles. The first kappa shape index (κ1) is 17.0. The third-order valence-electron chi connectivity index (χ3n) is 5.14.